The van der Waals surface area contributed by atoms with Crippen LogP contribution in [0.2, 0.25) is 0 Å². The summed E-state index contributed by atoms with van der Waals surface area (Å²) in [5, 5.41) is 2.72. The smallest absolute Gasteiger partial charge is 0.250 e. The molecule has 1 aliphatic rings. The summed E-state index contributed by atoms with van der Waals surface area (Å²) in [7, 11) is 0. The first-order chi connectivity index (χ1) is 9.61. The fourth-order valence-corrected chi connectivity index (χ4v) is 3.23. The van der Waals surface area contributed by atoms with E-state index in [0.29, 0.717) is 6.42 Å². The molecule has 2 heterocycles. The molecular weight excluding hydrogens is 274 g/mol. The predicted molar refractivity (Wildman–Crippen MR) is 78.8 cm³/mol. The lowest BCUT2D eigenvalue weighted by atomic mass is 10.0. The molecule has 2 amide bonds. The Kier molecular flexibility index (Phi) is 3.17. The van der Waals surface area contributed by atoms with Gasteiger partial charge in [-0.05, 0) is 31.5 Å². The predicted octanol–water partition coefficient (Wildman–Crippen LogP) is 1.93. The quantitative estimate of drug-likeness (QED) is 0.919. The van der Waals surface area contributed by atoms with Crippen molar-refractivity contribution < 1.29 is 9.59 Å². The van der Waals surface area contributed by atoms with Gasteiger partial charge in [-0.3, -0.25) is 14.5 Å². The van der Waals surface area contributed by atoms with Crippen LogP contribution in [-0.2, 0) is 9.59 Å². The van der Waals surface area contributed by atoms with Gasteiger partial charge in [0, 0.05) is 5.69 Å². The molecule has 2 aromatic rings. The van der Waals surface area contributed by atoms with Crippen molar-refractivity contribution in [3.05, 3.63) is 23.7 Å². The number of fused-ring (bicyclic) bond motifs is 1. The molecule has 1 fully saturated rings. The first-order valence-electron chi connectivity index (χ1n) is 6.58. The van der Waals surface area contributed by atoms with Crippen LogP contribution in [0.1, 0.15) is 20.3 Å². The molecule has 1 aromatic heterocycles. The third-order valence-corrected chi connectivity index (χ3v) is 4.35. The highest BCUT2D eigenvalue weighted by molar-refractivity contribution is 7.16. The summed E-state index contributed by atoms with van der Waals surface area (Å²) in [5.41, 5.74) is 3.45. The van der Waals surface area contributed by atoms with E-state index in [1.165, 1.54) is 11.3 Å². The molecule has 3 rings (SSSR count). The normalized spacial score (nSPS) is 23.2. The standard InChI is InChI=1S/C14H15N3O2S/c1-3-11-13(18)16-8(2)14(19)17(11)9-4-5-10-12(6-9)20-7-15-10/h4-8,11H,3H2,1-2H3,(H,16,18). The molecule has 0 spiro atoms. The molecule has 5 nitrogen and oxygen atoms in total. The van der Waals surface area contributed by atoms with Crippen molar-refractivity contribution in [2.45, 2.75) is 32.4 Å². The minimum atomic E-state index is -0.484. The van der Waals surface area contributed by atoms with Crippen molar-refractivity contribution in [2.75, 3.05) is 4.90 Å². The van der Waals surface area contributed by atoms with Crippen molar-refractivity contribution >= 4 is 39.1 Å². The van der Waals surface area contributed by atoms with E-state index in [2.05, 4.69) is 10.3 Å². The Morgan fingerprint density at radius 2 is 2.20 bits per heavy atom. The van der Waals surface area contributed by atoms with E-state index < -0.39 is 12.1 Å². The molecule has 2 unspecified atom stereocenters. The van der Waals surface area contributed by atoms with Crippen LogP contribution >= 0.6 is 11.3 Å². The van der Waals surface area contributed by atoms with Crippen molar-refractivity contribution in [1.82, 2.24) is 10.3 Å². The highest BCUT2D eigenvalue weighted by atomic mass is 32.1. The fourth-order valence-electron chi connectivity index (χ4n) is 2.52. The molecule has 104 valence electrons. The van der Waals surface area contributed by atoms with Crippen molar-refractivity contribution in [2.24, 2.45) is 0 Å². The minimum Gasteiger partial charge on any atom is -0.343 e. The molecule has 0 radical (unpaired) electrons. The number of anilines is 1. The van der Waals surface area contributed by atoms with Gasteiger partial charge in [0.15, 0.2) is 0 Å². The van der Waals surface area contributed by atoms with Crippen LogP contribution in [-0.4, -0.2) is 28.9 Å². The lowest BCUT2D eigenvalue weighted by molar-refractivity contribution is -0.133. The number of rotatable bonds is 2. The van der Waals surface area contributed by atoms with Crippen LogP contribution in [0.3, 0.4) is 0 Å². The summed E-state index contributed by atoms with van der Waals surface area (Å²) in [4.78, 5) is 30.3. The Bertz CT molecular complexity index is 682. The SMILES string of the molecule is CCC1C(=O)NC(C)C(=O)N1c1ccc2ncsc2c1. The molecule has 0 aliphatic carbocycles. The van der Waals surface area contributed by atoms with E-state index in [-0.39, 0.29) is 11.8 Å². The van der Waals surface area contributed by atoms with E-state index in [9.17, 15) is 9.59 Å². The molecule has 20 heavy (non-hydrogen) atoms. The summed E-state index contributed by atoms with van der Waals surface area (Å²) in [5.74, 6) is -0.163. The second-order valence-electron chi connectivity index (χ2n) is 4.87. The average molecular weight is 289 g/mol. The van der Waals surface area contributed by atoms with Crippen LogP contribution in [0, 0.1) is 0 Å². The average Bonchev–Trinajstić information content (AvgIpc) is 2.89. The summed E-state index contributed by atoms with van der Waals surface area (Å²) >= 11 is 1.53. The third-order valence-electron chi connectivity index (χ3n) is 3.56. The molecule has 1 aliphatic heterocycles. The van der Waals surface area contributed by atoms with Crippen molar-refractivity contribution in [1.29, 1.82) is 0 Å². The second kappa shape index (κ2) is 4.86. The van der Waals surface area contributed by atoms with Gasteiger partial charge >= 0.3 is 0 Å². The highest BCUT2D eigenvalue weighted by Gasteiger charge is 2.38. The first kappa shape index (κ1) is 13.1. The maximum Gasteiger partial charge on any atom is 0.250 e. The number of nitrogens with zero attached hydrogens (tertiary/aromatic N) is 2. The Hall–Kier alpha value is -1.95. The zero-order valence-electron chi connectivity index (χ0n) is 11.3. The van der Waals surface area contributed by atoms with E-state index in [1.54, 1.807) is 17.3 Å². The van der Waals surface area contributed by atoms with Gasteiger partial charge in [-0.1, -0.05) is 6.92 Å². The Balaban J connectivity index is 2.07. The number of aromatic nitrogens is 1. The Morgan fingerprint density at radius 3 is 2.95 bits per heavy atom. The van der Waals surface area contributed by atoms with Crippen LogP contribution in [0.4, 0.5) is 5.69 Å². The van der Waals surface area contributed by atoms with Crippen LogP contribution in [0.25, 0.3) is 10.2 Å². The molecule has 2 atom stereocenters. The largest absolute Gasteiger partial charge is 0.343 e. The van der Waals surface area contributed by atoms with Crippen LogP contribution in [0.5, 0.6) is 0 Å². The number of amides is 2. The van der Waals surface area contributed by atoms with Gasteiger partial charge < -0.3 is 5.32 Å². The number of thiazole rings is 1. The summed E-state index contributed by atoms with van der Waals surface area (Å²) in [6.45, 7) is 3.62. The molecule has 1 aromatic carbocycles. The van der Waals surface area contributed by atoms with Gasteiger partial charge in [0.25, 0.3) is 0 Å². The van der Waals surface area contributed by atoms with Crippen LogP contribution in [0.15, 0.2) is 23.7 Å². The first-order valence-corrected chi connectivity index (χ1v) is 7.46. The molecule has 0 bridgehead atoms. The van der Waals surface area contributed by atoms with E-state index in [0.717, 1.165) is 15.9 Å². The zero-order valence-corrected chi connectivity index (χ0v) is 12.1. The Labute approximate surface area is 120 Å². The topological polar surface area (TPSA) is 62.3 Å². The van der Waals surface area contributed by atoms with Crippen molar-refractivity contribution in [3.8, 4) is 0 Å². The molecule has 0 saturated carbocycles. The lowest BCUT2D eigenvalue weighted by Crippen LogP contribution is -2.62. The number of benzene rings is 1. The summed E-state index contributed by atoms with van der Waals surface area (Å²) < 4.78 is 1.02. The monoisotopic (exact) mass is 289 g/mol. The number of piperazine rings is 1. The number of hydrogen-bond donors (Lipinski definition) is 1. The van der Waals surface area contributed by atoms with Crippen molar-refractivity contribution in [3.63, 3.8) is 0 Å². The lowest BCUT2D eigenvalue weighted by Gasteiger charge is -2.37. The Morgan fingerprint density at radius 1 is 1.40 bits per heavy atom. The summed E-state index contributed by atoms with van der Waals surface area (Å²) in [6.07, 6.45) is 0.588. The number of carbonyl (C=O) groups is 2. The maximum atomic E-state index is 12.4. The highest BCUT2D eigenvalue weighted by Crippen LogP contribution is 2.28. The second-order valence-corrected chi connectivity index (χ2v) is 5.75. The molecule has 1 saturated heterocycles. The fraction of sp³-hybridized carbons (Fsp3) is 0.357. The van der Waals surface area contributed by atoms with Gasteiger partial charge in [0.2, 0.25) is 11.8 Å². The van der Waals surface area contributed by atoms with Crippen LogP contribution < -0.4 is 10.2 Å². The molecular formula is C14H15N3O2S. The van der Waals surface area contributed by atoms with Gasteiger partial charge in [-0.2, -0.15) is 0 Å². The maximum absolute atomic E-state index is 12.4. The zero-order chi connectivity index (χ0) is 14.3. The number of hydrogen-bond acceptors (Lipinski definition) is 4. The number of nitrogens with one attached hydrogen (secondary N) is 1. The molecule has 6 heteroatoms. The van der Waals surface area contributed by atoms with Gasteiger partial charge in [-0.15, -0.1) is 11.3 Å². The van der Waals surface area contributed by atoms with Gasteiger partial charge in [0.1, 0.15) is 12.1 Å². The minimum absolute atomic E-state index is 0.0692. The van der Waals surface area contributed by atoms with E-state index >= 15 is 0 Å². The molecule has 1 N–H and O–H groups in total. The van der Waals surface area contributed by atoms with Gasteiger partial charge in [-0.25, -0.2) is 4.98 Å². The summed E-state index contributed by atoms with van der Waals surface area (Å²) in [6, 6.07) is 4.75. The third kappa shape index (κ3) is 1.96. The number of carbonyl (C=O) groups excluding carboxylic acids is 2. The van der Waals surface area contributed by atoms with Gasteiger partial charge in [0.05, 0.1) is 15.7 Å². The van der Waals surface area contributed by atoms with E-state index in [4.69, 9.17) is 0 Å². The van der Waals surface area contributed by atoms with E-state index in [1.807, 2.05) is 25.1 Å².